The summed E-state index contributed by atoms with van der Waals surface area (Å²) in [5, 5.41) is 10.3. The molecule has 0 radical (unpaired) electrons. The van der Waals surface area contributed by atoms with Crippen LogP contribution in [0.5, 0.6) is 5.75 Å². The van der Waals surface area contributed by atoms with Gasteiger partial charge in [0.2, 0.25) is 11.1 Å². The van der Waals surface area contributed by atoms with E-state index in [-0.39, 0.29) is 24.2 Å². The van der Waals surface area contributed by atoms with Gasteiger partial charge >= 0.3 is 0 Å². The zero-order chi connectivity index (χ0) is 18.0. The second-order valence-corrected chi connectivity index (χ2v) is 7.10. The summed E-state index contributed by atoms with van der Waals surface area (Å²) in [6.45, 7) is 4.41. The number of fused-ring (bicyclic) bond motifs is 1. The number of thioether (sulfide) groups is 1. The molecule has 2 aromatic rings. The van der Waals surface area contributed by atoms with Gasteiger partial charge in [0.05, 0.1) is 6.54 Å². The van der Waals surface area contributed by atoms with Gasteiger partial charge < -0.3 is 4.74 Å². The fourth-order valence-electron chi connectivity index (χ4n) is 2.47. The van der Waals surface area contributed by atoms with Gasteiger partial charge in [-0.2, -0.15) is 0 Å². The van der Waals surface area contributed by atoms with Crippen molar-refractivity contribution in [2.45, 2.75) is 32.0 Å². The van der Waals surface area contributed by atoms with Crippen molar-refractivity contribution in [3.05, 3.63) is 35.7 Å². The third-order valence-electron chi connectivity index (χ3n) is 3.57. The van der Waals surface area contributed by atoms with E-state index in [1.165, 1.54) is 17.8 Å². The average Bonchev–Trinajstić information content (AvgIpc) is 2.96. The Labute approximate surface area is 148 Å². The van der Waals surface area contributed by atoms with E-state index in [2.05, 4.69) is 10.2 Å². The summed E-state index contributed by atoms with van der Waals surface area (Å²) in [7, 11) is 0. The van der Waals surface area contributed by atoms with E-state index < -0.39 is 11.6 Å². The summed E-state index contributed by atoms with van der Waals surface area (Å²) < 4.78 is 33.7. The molecular formula is C16H18F2N4O2S. The lowest BCUT2D eigenvalue weighted by atomic mass is 10.1. The zero-order valence-corrected chi connectivity index (χ0v) is 14.7. The first kappa shape index (κ1) is 17.7. The molecule has 0 unspecified atom stereocenters. The first-order valence-corrected chi connectivity index (χ1v) is 8.90. The minimum atomic E-state index is -0.791. The number of hydrogen-bond acceptors (Lipinski definition) is 5. The van der Waals surface area contributed by atoms with Crippen molar-refractivity contribution in [1.82, 2.24) is 14.9 Å². The smallest absolute Gasteiger partial charge is 0.241 e. The molecular weight excluding hydrogens is 350 g/mol. The van der Waals surface area contributed by atoms with Crippen LogP contribution in [0.1, 0.15) is 26.1 Å². The van der Waals surface area contributed by atoms with Crippen LogP contribution in [0.25, 0.3) is 0 Å². The molecule has 6 nitrogen and oxygen atoms in total. The molecule has 0 atom stereocenters. The molecule has 1 amide bonds. The van der Waals surface area contributed by atoms with Crippen LogP contribution in [0.3, 0.4) is 0 Å². The highest BCUT2D eigenvalue weighted by Gasteiger charge is 2.27. The first-order chi connectivity index (χ1) is 12.0. The van der Waals surface area contributed by atoms with Crippen molar-refractivity contribution < 1.29 is 18.3 Å². The number of rotatable bonds is 5. The maximum absolute atomic E-state index is 13.7. The number of amides is 1. The van der Waals surface area contributed by atoms with Crippen LogP contribution in [0.15, 0.2) is 23.4 Å². The maximum atomic E-state index is 13.7. The number of hydrogen-bond donors (Lipinski definition) is 0. The maximum Gasteiger partial charge on any atom is 0.241 e. The van der Waals surface area contributed by atoms with Gasteiger partial charge in [0.1, 0.15) is 12.4 Å². The highest BCUT2D eigenvalue weighted by molar-refractivity contribution is 7.99. The van der Waals surface area contributed by atoms with E-state index in [0.717, 1.165) is 17.9 Å². The van der Waals surface area contributed by atoms with Crippen LogP contribution in [-0.2, 0) is 11.4 Å². The summed E-state index contributed by atoms with van der Waals surface area (Å²) in [5.41, 5.74) is 0. The molecule has 0 saturated heterocycles. The van der Waals surface area contributed by atoms with Crippen LogP contribution in [0.4, 0.5) is 8.78 Å². The number of carbonyl (C=O) groups excluding carboxylic acids is 1. The van der Waals surface area contributed by atoms with E-state index >= 15 is 0 Å². The van der Waals surface area contributed by atoms with E-state index in [9.17, 15) is 13.6 Å². The number of benzene rings is 1. The summed E-state index contributed by atoms with van der Waals surface area (Å²) >= 11 is 1.49. The highest BCUT2D eigenvalue weighted by atomic mass is 32.2. The minimum absolute atomic E-state index is 0.0226. The molecule has 2 heterocycles. The van der Waals surface area contributed by atoms with E-state index in [1.54, 1.807) is 9.69 Å². The molecule has 0 aliphatic carbocycles. The van der Waals surface area contributed by atoms with E-state index in [0.29, 0.717) is 23.9 Å². The van der Waals surface area contributed by atoms with Gasteiger partial charge in [-0.15, -0.1) is 10.2 Å². The van der Waals surface area contributed by atoms with Gasteiger partial charge in [-0.1, -0.05) is 25.6 Å². The Balaban J connectivity index is 1.79. The molecule has 25 heavy (non-hydrogen) atoms. The molecule has 1 aliphatic rings. The Morgan fingerprint density at radius 1 is 1.36 bits per heavy atom. The van der Waals surface area contributed by atoms with Crippen LogP contribution >= 0.6 is 11.8 Å². The van der Waals surface area contributed by atoms with Crippen LogP contribution in [0.2, 0.25) is 0 Å². The Hall–Kier alpha value is -2.16. The number of halogens is 2. The van der Waals surface area contributed by atoms with Crippen LogP contribution in [0, 0.1) is 17.6 Å². The summed E-state index contributed by atoms with van der Waals surface area (Å²) in [6, 6.07) is 3.09. The number of carbonyl (C=O) groups is 1. The molecule has 134 valence electrons. The summed E-state index contributed by atoms with van der Waals surface area (Å²) in [4.78, 5) is 12.5. The Morgan fingerprint density at radius 2 is 2.16 bits per heavy atom. The highest BCUT2D eigenvalue weighted by Crippen LogP contribution is 2.25. The lowest BCUT2D eigenvalue weighted by molar-refractivity contribution is -0.121. The molecule has 1 aliphatic heterocycles. The van der Waals surface area contributed by atoms with Gasteiger partial charge in [-0.3, -0.25) is 4.79 Å². The first-order valence-electron chi connectivity index (χ1n) is 7.91. The molecule has 0 saturated carbocycles. The fraction of sp³-hybridized carbons (Fsp3) is 0.438. The second kappa shape index (κ2) is 7.38. The van der Waals surface area contributed by atoms with Crippen LogP contribution in [-0.4, -0.2) is 33.1 Å². The van der Waals surface area contributed by atoms with Gasteiger partial charge in [0.15, 0.2) is 17.4 Å². The zero-order valence-electron chi connectivity index (χ0n) is 13.9. The third kappa shape index (κ3) is 3.92. The average molecular weight is 368 g/mol. The Morgan fingerprint density at radius 3 is 2.88 bits per heavy atom. The summed E-state index contributed by atoms with van der Waals surface area (Å²) in [5.74, 6) is -0.215. The number of aromatic nitrogens is 3. The molecule has 1 aromatic heterocycles. The topological polar surface area (TPSA) is 60.3 Å². The van der Waals surface area contributed by atoms with Crippen molar-refractivity contribution in [2.75, 3.05) is 17.3 Å². The number of nitrogens with zero attached hydrogens (tertiary/aromatic N) is 4. The standard InChI is InChI=1S/C16H18F2N4O2S/c1-10(2)7-15(23)21-5-6-25-16-20-19-14(22(16)21)9-24-13-4-3-11(17)8-12(13)18/h3-4,8,10H,5-7,9H2,1-2H3. The second-order valence-electron chi connectivity index (χ2n) is 6.04. The lowest BCUT2D eigenvalue weighted by Crippen LogP contribution is -2.46. The molecule has 0 bridgehead atoms. The third-order valence-corrected chi connectivity index (χ3v) is 4.47. The Kier molecular flexibility index (Phi) is 5.22. The van der Waals surface area contributed by atoms with Gasteiger partial charge in [0, 0.05) is 18.2 Å². The molecule has 0 fully saturated rings. The monoisotopic (exact) mass is 368 g/mol. The summed E-state index contributed by atoms with van der Waals surface area (Å²) in [6.07, 6.45) is 0.412. The SMILES string of the molecule is CC(C)CC(=O)N1CCSc2nnc(COc3ccc(F)cc3F)n21. The number of ether oxygens (including phenoxy) is 1. The molecule has 9 heteroatoms. The predicted octanol–water partition coefficient (Wildman–Crippen LogP) is 2.75. The van der Waals surface area contributed by atoms with Crippen LogP contribution < -0.4 is 9.75 Å². The largest absolute Gasteiger partial charge is 0.482 e. The minimum Gasteiger partial charge on any atom is -0.482 e. The van der Waals surface area contributed by atoms with Gasteiger partial charge in [0.25, 0.3) is 0 Å². The van der Waals surface area contributed by atoms with Crippen molar-refractivity contribution in [2.24, 2.45) is 5.92 Å². The molecule has 3 rings (SSSR count). The van der Waals surface area contributed by atoms with E-state index in [1.807, 2.05) is 13.8 Å². The van der Waals surface area contributed by atoms with E-state index in [4.69, 9.17) is 4.74 Å². The van der Waals surface area contributed by atoms with Gasteiger partial charge in [-0.05, 0) is 18.1 Å². The molecule has 0 spiro atoms. The van der Waals surface area contributed by atoms with Crippen molar-refractivity contribution in [1.29, 1.82) is 0 Å². The molecule has 1 aromatic carbocycles. The van der Waals surface area contributed by atoms with Crippen molar-refractivity contribution in [3.8, 4) is 5.75 Å². The van der Waals surface area contributed by atoms with Gasteiger partial charge in [-0.25, -0.2) is 18.5 Å². The lowest BCUT2D eigenvalue weighted by Gasteiger charge is -2.29. The molecule has 0 N–H and O–H groups in total. The van der Waals surface area contributed by atoms with Crippen molar-refractivity contribution in [3.63, 3.8) is 0 Å². The van der Waals surface area contributed by atoms with Crippen molar-refractivity contribution >= 4 is 17.7 Å². The fourth-order valence-corrected chi connectivity index (χ4v) is 3.34. The Bertz CT molecular complexity index is 781. The quantitative estimate of drug-likeness (QED) is 0.812. The normalized spacial score (nSPS) is 13.9. The predicted molar refractivity (Wildman–Crippen MR) is 89.0 cm³/mol.